The van der Waals surface area contributed by atoms with Crippen LogP contribution in [-0.4, -0.2) is 30.4 Å². The number of nitrogens with zero attached hydrogens (tertiary/aromatic N) is 2. The van der Waals surface area contributed by atoms with E-state index in [2.05, 4.69) is 9.47 Å². The summed E-state index contributed by atoms with van der Waals surface area (Å²) >= 11 is 1.52. The number of hydrogen-bond donors (Lipinski definition) is 0. The number of rotatable bonds is 7. The Labute approximate surface area is 98.1 Å². The summed E-state index contributed by atoms with van der Waals surface area (Å²) in [4.78, 5) is 11.4. The maximum atomic E-state index is 11.4. The van der Waals surface area contributed by atoms with Gasteiger partial charge in [-0.15, -0.1) is 0 Å². The Morgan fingerprint density at radius 3 is 2.50 bits per heavy atom. The first-order valence-electron chi connectivity index (χ1n) is 4.44. The molecule has 0 saturated carbocycles. The van der Waals surface area contributed by atoms with Gasteiger partial charge in [0.2, 0.25) is 6.10 Å². The van der Waals surface area contributed by atoms with Crippen molar-refractivity contribution < 1.29 is 19.0 Å². The molecule has 6 nitrogen and oxygen atoms in total. The Balaban J connectivity index is 4.17. The van der Waals surface area contributed by atoms with Crippen molar-refractivity contribution in [2.45, 2.75) is 25.7 Å². The molecular formula is C9H12N2O4S. The minimum absolute atomic E-state index is 0.368. The van der Waals surface area contributed by atoms with Crippen LogP contribution in [0.1, 0.15) is 13.3 Å². The van der Waals surface area contributed by atoms with Crippen molar-refractivity contribution in [3.63, 3.8) is 0 Å². The topological polar surface area (TPSA) is 92.3 Å². The van der Waals surface area contributed by atoms with Gasteiger partial charge in [0.15, 0.2) is 0 Å². The lowest BCUT2D eigenvalue weighted by atomic mass is 10.3. The molecule has 0 rings (SSSR count). The number of carbonyl (C=O) groups excluding carboxylic acids is 1. The van der Waals surface area contributed by atoms with Gasteiger partial charge in [0.1, 0.15) is 0 Å². The molecule has 7 heteroatoms. The molecule has 0 spiro atoms. The van der Waals surface area contributed by atoms with Crippen LogP contribution in [0.25, 0.3) is 0 Å². The van der Waals surface area contributed by atoms with Gasteiger partial charge in [-0.2, -0.15) is 22.3 Å². The van der Waals surface area contributed by atoms with Gasteiger partial charge in [-0.1, -0.05) is 0 Å². The van der Waals surface area contributed by atoms with Crippen LogP contribution in [0.5, 0.6) is 0 Å². The van der Waals surface area contributed by atoms with Crippen molar-refractivity contribution in [3.8, 4) is 12.5 Å². The van der Waals surface area contributed by atoms with Gasteiger partial charge in [-0.05, 0) is 12.0 Å². The quantitative estimate of drug-likeness (QED) is 0.374. The first kappa shape index (κ1) is 14.4. The summed E-state index contributed by atoms with van der Waals surface area (Å²) in [5, 5.41) is 16.5. The average Bonchev–Trinajstić information content (AvgIpc) is 2.24. The molecule has 88 valence electrons. The van der Waals surface area contributed by atoms with Crippen molar-refractivity contribution in [1.29, 1.82) is 10.5 Å². The lowest BCUT2D eigenvalue weighted by Crippen LogP contribution is -2.29. The molecule has 0 amide bonds. The van der Waals surface area contributed by atoms with Gasteiger partial charge >= 0.3 is 5.97 Å². The highest BCUT2D eigenvalue weighted by Gasteiger charge is 2.23. The van der Waals surface area contributed by atoms with Crippen molar-refractivity contribution in [2.24, 2.45) is 0 Å². The number of nitriles is 2. The molecule has 16 heavy (non-hydrogen) atoms. The first-order chi connectivity index (χ1) is 7.65. The van der Waals surface area contributed by atoms with Gasteiger partial charge in [-0.25, -0.2) is 4.79 Å². The average molecular weight is 244 g/mol. The number of esters is 1. The van der Waals surface area contributed by atoms with E-state index in [0.717, 1.165) is 0 Å². The second kappa shape index (κ2) is 8.69. The summed E-state index contributed by atoms with van der Waals surface area (Å²) < 4.78 is 13.7. The monoisotopic (exact) mass is 244 g/mol. The molecule has 2 unspecified atom stereocenters. The van der Waals surface area contributed by atoms with Gasteiger partial charge in [0.25, 0.3) is 18.8 Å². The SMILES string of the molecule is CSCCC(OC#N)C(=O)OC(C)OC#N. The summed E-state index contributed by atoms with van der Waals surface area (Å²) in [6, 6.07) is 0. The standard InChI is InChI=1S/C9H12N2O4S/c1-7(13-5-10)15-9(12)8(14-6-11)3-4-16-2/h7-8H,3-4H2,1-2H3. The Morgan fingerprint density at radius 1 is 1.38 bits per heavy atom. The summed E-state index contributed by atoms with van der Waals surface area (Å²) in [7, 11) is 0. The van der Waals surface area contributed by atoms with Crippen LogP contribution in [-0.2, 0) is 19.0 Å². The Morgan fingerprint density at radius 2 is 2.00 bits per heavy atom. The normalized spacial score (nSPS) is 12.8. The summed E-state index contributed by atoms with van der Waals surface area (Å²) in [5.74, 6) is -0.0482. The van der Waals surface area contributed by atoms with Crippen molar-refractivity contribution in [2.75, 3.05) is 12.0 Å². The molecule has 0 bridgehead atoms. The van der Waals surface area contributed by atoms with E-state index in [-0.39, 0.29) is 0 Å². The summed E-state index contributed by atoms with van der Waals surface area (Å²) in [6.45, 7) is 1.40. The van der Waals surface area contributed by atoms with Gasteiger partial charge in [-0.3, -0.25) is 0 Å². The highest BCUT2D eigenvalue weighted by atomic mass is 32.2. The van der Waals surface area contributed by atoms with E-state index in [1.807, 2.05) is 6.26 Å². The maximum absolute atomic E-state index is 11.4. The fourth-order valence-corrected chi connectivity index (χ4v) is 1.30. The fraction of sp³-hybridized carbons (Fsp3) is 0.667. The van der Waals surface area contributed by atoms with Gasteiger partial charge < -0.3 is 14.2 Å². The molecule has 0 aromatic heterocycles. The molecule has 0 N–H and O–H groups in total. The van der Waals surface area contributed by atoms with Gasteiger partial charge in [0.05, 0.1) is 0 Å². The molecule has 0 aliphatic carbocycles. The summed E-state index contributed by atoms with van der Waals surface area (Å²) in [5.41, 5.74) is 0. The third-order valence-corrected chi connectivity index (χ3v) is 2.19. The van der Waals surface area contributed by atoms with Crippen LogP contribution in [0.2, 0.25) is 0 Å². The predicted octanol–water partition coefficient (Wildman–Crippen LogP) is 0.993. The minimum atomic E-state index is -0.975. The number of hydrogen-bond acceptors (Lipinski definition) is 7. The van der Waals surface area contributed by atoms with Crippen LogP contribution in [0, 0.1) is 23.0 Å². The van der Waals surface area contributed by atoms with Crippen molar-refractivity contribution >= 4 is 17.7 Å². The second-order valence-corrected chi connectivity index (χ2v) is 3.68. The van der Waals surface area contributed by atoms with E-state index in [1.165, 1.54) is 31.2 Å². The molecular weight excluding hydrogens is 232 g/mol. The maximum Gasteiger partial charge on any atom is 0.351 e. The van der Waals surface area contributed by atoms with Crippen LogP contribution >= 0.6 is 11.8 Å². The van der Waals surface area contributed by atoms with E-state index in [9.17, 15) is 4.79 Å². The van der Waals surface area contributed by atoms with Crippen LogP contribution < -0.4 is 0 Å². The zero-order valence-electron chi connectivity index (χ0n) is 9.00. The summed E-state index contributed by atoms with van der Waals surface area (Å²) in [6.07, 6.45) is 3.17. The minimum Gasteiger partial charge on any atom is -0.422 e. The van der Waals surface area contributed by atoms with E-state index >= 15 is 0 Å². The Hall–Kier alpha value is -1.60. The third kappa shape index (κ3) is 5.99. The van der Waals surface area contributed by atoms with Crippen LogP contribution in [0.4, 0.5) is 0 Å². The van der Waals surface area contributed by atoms with Crippen LogP contribution in [0.15, 0.2) is 0 Å². The zero-order chi connectivity index (χ0) is 12.4. The molecule has 0 aromatic carbocycles. The Bertz CT molecular complexity index is 297. The van der Waals surface area contributed by atoms with Crippen molar-refractivity contribution in [1.82, 2.24) is 0 Å². The molecule has 0 heterocycles. The lowest BCUT2D eigenvalue weighted by molar-refractivity contribution is -0.174. The number of thioether (sulfide) groups is 1. The Kier molecular flexibility index (Phi) is 7.82. The smallest absolute Gasteiger partial charge is 0.351 e. The molecule has 0 fully saturated rings. The predicted molar refractivity (Wildman–Crippen MR) is 55.7 cm³/mol. The highest BCUT2D eigenvalue weighted by molar-refractivity contribution is 7.98. The molecule has 0 saturated heterocycles. The van der Waals surface area contributed by atoms with Crippen LogP contribution in [0.3, 0.4) is 0 Å². The molecule has 2 atom stereocenters. The zero-order valence-corrected chi connectivity index (χ0v) is 9.82. The van der Waals surface area contributed by atoms with E-state index < -0.39 is 18.4 Å². The largest absolute Gasteiger partial charge is 0.422 e. The fourth-order valence-electron chi connectivity index (χ4n) is 0.851. The molecule has 0 aliphatic rings. The number of carbonyl (C=O) groups is 1. The second-order valence-electron chi connectivity index (χ2n) is 2.69. The van der Waals surface area contributed by atoms with Crippen molar-refractivity contribution in [3.05, 3.63) is 0 Å². The lowest BCUT2D eigenvalue weighted by Gasteiger charge is -2.15. The first-order valence-corrected chi connectivity index (χ1v) is 5.84. The molecule has 0 aromatic rings. The highest BCUT2D eigenvalue weighted by Crippen LogP contribution is 2.08. The molecule has 0 radical (unpaired) electrons. The van der Waals surface area contributed by atoms with E-state index in [4.69, 9.17) is 15.3 Å². The van der Waals surface area contributed by atoms with Gasteiger partial charge in [0, 0.05) is 13.3 Å². The number of ether oxygens (including phenoxy) is 3. The third-order valence-electron chi connectivity index (χ3n) is 1.54. The van der Waals surface area contributed by atoms with E-state index in [0.29, 0.717) is 12.2 Å². The van der Waals surface area contributed by atoms with E-state index in [1.54, 1.807) is 0 Å². The molecule has 0 aliphatic heterocycles.